The predicted octanol–water partition coefficient (Wildman–Crippen LogP) is 3.92. The van der Waals surface area contributed by atoms with Gasteiger partial charge in [0, 0.05) is 12.7 Å². The van der Waals surface area contributed by atoms with Gasteiger partial charge in [0.15, 0.2) is 17.3 Å². The second kappa shape index (κ2) is 8.89. The average Bonchev–Trinajstić information content (AvgIpc) is 2.61. The normalized spacial score (nSPS) is 10.8. The third kappa shape index (κ3) is 4.96. The molecule has 2 rings (SSSR count). The fraction of sp³-hybridized carbons (Fsp3) is 0.250. The highest BCUT2D eigenvalue weighted by atomic mass is 16.5. The molecular formula is C20H22O4. The van der Waals surface area contributed by atoms with Gasteiger partial charge in [0.25, 0.3) is 0 Å². The first-order valence-electron chi connectivity index (χ1n) is 7.73. The van der Waals surface area contributed by atoms with E-state index in [1.807, 2.05) is 31.2 Å². The van der Waals surface area contributed by atoms with E-state index in [1.165, 1.54) is 5.56 Å². The highest BCUT2D eigenvalue weighted by Crippen LogP contribution is 2.28. The van der Waals surface area contributed by atoms with Crippen molar-refractivity contribution in [1.29, 1.82) is 0 Å². The van der Waals surface area contributed by atoms with Crippen LogP contribution in [0.25, 0.3) is 6.08 Å². The van der Waals surface area contributed by atoms with Crippen molar-refractivity contribution in [3.05, 3.63) is 65.2 Å². The molecule has 0 radical (unpaired) electrons. The molecule has 126 valence electrons. The summed E-state index contributed by atoms with van der Waals surface area (Å²) in [5.41, 5.74) is 2.72. The van der Waals surface area contributed by atoms with Crippen LogP contribution in [0.15, 0.2) is 48.5 Å². The first kappa shape index (κ1) is 17.8. The number of carbonyl (C=O) groups is 1. The average molecular weight is 326 g/mol. The minimum Gasteiger partial charge on any atom is -0.493 e. The Morgan fingerprint density at radius 1 is 1.00 bits per heavy atom. The van der Waals surface area contributed by atoms with Crippen LogP contribution in [0.2, 0.25) is 0 Å². The molecule has 0 bridgehead atoms. The Bertz CT molecular complexity index is 702. The van der Waals surface area contributed by atoms with Crippen LogP contribution in [0.4, 0.5) is 0 Å². The number of ether oxygens (including phenoxy) is 3. The molecule has 0 atom stereocenters. The number of methoxy groups -OCH3 is 2. The van der Waals surface area contributed by atoms with E-state index in [0.29, 0.717) is 30.3 Å². The summed E-state index contributed by atoms with van der Waals surface area (Å²) >= 11 is 0. The second-order valence-corrected chi connectivity index (χ2v) is 5.32. The second-order valence-electron chi connectivity index (χ2n) is 5.32. The Morgan fingerprint density at radius 2 is 1.75 bits per heavy atom. The summed E-state index contributed by atoms with van der Waals surface area (Å²) in [6.45, 7) is 2.94. The van der Waals surface area contributed by atoms with Crippen LogP contribution in [-0.4, -0.2) is 33.2 Å². The van der Waals surface area contributed by atoms with E-state index in [0.717, 1.165) is 5.56 Å². The number of ketones is 1. The van der Waals surface area contributed by atoms with Crippen LogP contribution in [0.1, 0.15) is 21.5 Å². The topological polar surface area (TPSA) is 44.8 Å². The Labute approximate surface area is 142 Å². The van der Waals surface area contributed by atoms with E-state index >= 15 is 0 Å². The Kier molecular flexibility index (Phi) is 6.58. The lowest BCUT2D eigenvalue weighted by molar-refractivity contribution is 0.104. The predicted molar refractivity (Wildman–Crippen MR) is 94.9 cm³/mol. The third-order valence-electron chi connectivity index (χ3n) is 3.50. The monoisotopic (exact) mass is 326 g/mol. The lowest BCUT2D eigenvalue weighted by atomic mass is 10.1. The summed E-state index contributed by atoms with van der Waals surface area (Å²) in [7, 11) is 3.16. The molecule has 0 N–H and O–H groups in total. The molecule has 0 amide bonds. The Morgan fingerprint density at radius 3 is 2.42 bits per heavy atom. The summed E-state index contributed by atoms with van der Waals surface area (Å²) < 4.78 is 15.8. The maximum atomic E-state index is 12.3. The molecule has 0 fully saturated rings. The summed E-state index contributed by atoms with van der Waals surface area (Å²) in [5.74, 6) is 1.03. The number of benzene rings is 2. The van der Waals surface area contributed by atoms with Gasteiger partial charge in [0.05, 0.1) is 13.7 Å². The number of hydrogen-bond acceptors (Lipinski definition) is 4. The highest BCUT2D eigenvalue weighted by molar-refractivity contribution is 6.07. The van der Waals surface area contributed by atoms with Crippen molar-refractivity contribution < 1.29 is 19.0 Å². The van der Waals surface area contributed by atoms with Crippen LogP contribution in [0, 0.1) is 6.92 Å². The van der Waals surface area contributed by atoms with Crippen LogP contribution in [0.3, 0.4) is 0 Å². The van der Waals surface area contributed by atoms with Gasteiger partial charge in [0.1, 0.15) is 6.61 Å². The number of carbonyl (C=O) groups excluding carboxylic acids is 1. The molecule has 0 aliphatic carbocycles. The molecule has 0 unspecified atom stereocenters. The molecule has 4 heteroatoms. The van der Waals surface area contributed by atoms with Crippen molar-refractivity contribution in [1.82, 2.24) is 0 Å². The van der Waals surface area contributed by atoms with Gasteiger partial charge in [0.2, 0.25) is 0 Å². The molecule has 0 spiro atoms. The van der Waals surface area contributed by atoms with E-state index in [-0.39, 0.29) is 5.78 Å². The molecule has 0 aliphatic rings. The van der Waals surface area contributed by atoms with E-state index < -0.39 is 0 Å². The van der Waals surface area contributed by atoms with Crippen molar-refractivity contribution in [3.8, 4) is 11.5 Å². The fourth-order valence-corrected chi connectivity index (χ4v) is 2.12. The van der Waals surface area contributed by atoms with Crippen LogP contribution < -0.4 is 9.47 Å². The van der Waals surface area contributed by atoms with Gasteiger partial charge in [-0.05, 0) is 36.8 Å². The van der Waals surface area contributed by atoms with Crippen molar-refractivity contribution in [2.75, 3.05) is 27.4 Å². The van der Waals surface area contributed by atoms with E-state index in [4.69, 9.17) is 14.2 Å². The van der Waals surface area contributed by atoms with Crippen LogP contribution in [-0.2, 0) is 4.74 Å². The lowest BCUT2D eigenvalue weighted by Crippen LogP contribution is -2.06. The first-order valence-corrected chi connectivity index (χ1v) is 7.73. The van der Waals surface area contributed by atoms with Crippen molar-refractivity contribution in [2.24, 2.45) is 0 Å². The van der Waals surface area contributed by atoms with E-state index in [9.17, 15) is 4.79 Å². The van der Waals surface area contributed by atoms with E-state index in [2.05, 4.69) is 0 Å². The zero-order chi connectivity index (χ0) is 17.4. The minimum atomic E-state index is -0.0858. The SMILES string of the molecule is COCCOc1ccc(C(=O)/C=C/c2ccc(C)cc2)cc1OC. The maximum Gasteiger partial charge on any atom is 0.185 e. The summed E-state index contributed by atoms with van der Waals surface area (Å²) in [4.78, 5) is 12.3. The summed E-state index contributed by atoms with van der Waals surface area (Å²) in [6.07, 6.45) is 3.36. The lowest BCUT2D eigenvalue weighted by Gasteiger charge is -2.11. The zero-order valence-electron chi connectivity index (χ0n) is 14.2. The number of hydrogen-bond donors (Lipinski definition) is 0. The van der Waals surface area contributed by atoms with Gasteiger partial charge in [-0.1, -0.05) is 35.9 Å². The van der Waals surface area contributed by atoms with Gasteiger partial charge in [-0.15, -0.1) is 0 Å². The molecule has 0 aliphatic heterocycles. The maximum absolute atomic E-state index is 12.3. The van der Waals surface area contributed by atoms with Gasteiger partial charge in [-0.25, -0.2) is 0 Å². The van der Waals surface area contributed by atoms with Crippen LogP contribution in [0.5, 0.6) is 11.5 Å². The standard InChI is InChI=1S/C20H22O4/c1-15-4-6-16(7-5-15)8-10-18(21)17-9-11-19(20(14-17)23-3)24-13-12-22-2/h4-11,14H,12-13H2,1-3H3/b10-8+. The number of rotatable bonds is 8. The molecular weight excluding hydrogens is 304 g/mol. The molecule has 0 heterocycles. The van der Waals surface area contributed by atoms with Gasteiger partial charge < -0.3 is 14.2 Å². The van der Waals surface area contributed by atoms with Crippen molar-refractivity contribution in [2.45, 2.75) is 6.92 Å². The largest absolute Gasteiger partial charge is 0.493 e. The summed E-state index contributed by atoms with van der Waals surface area (Å²) in [5, 5.41) is 0. The molecule has 4 nitrogen and oxygen atoms in total. The first-order chi connectivity index (χ1) is 11.6. The van der Waals surface area contributed by atoms with Crippen molar-refractivity contribution in [3.63, 3.8) is 0 Å². The number of allylic oxidation sites excluding steroid dienone is 1. The smallest absolute Gasteiger partial charge is 0.185 e. The molecule has 0 saturated carbocycles. The molecule has 0 saturated heterocycles. The highest BCUT2D eigenvalue weighted by Gasteiger charge is 2.09. The quantitative estimate of drug-likeness (QED) is 0.419. The fourth-order valence-electron chi connectivity index (χ4n) is 2.12. The van der Waals surface area contributed by atoms with E-state index in [1.54, 1.807) is 44.6 Å². The van der Waals surface area contributed by atoms with Gasteiger partial charge in [-0.3, -0.25) is 4.79 Å². The number of aryl methyl sites for hydroxylation is 1. The zero-order valence-corrected chi connectivity index (χ0v) is 14.2. The Balaban J connectivity index is 2.10. The van der Waals surface area contributed by atoms with Gasteiger partial charge in [-0.2, -0.15) is 0 Å². The summed E-state index contributed by atoms with van der Waals surface area (Å²) in [6, 6.07) is 13.1. The Hall–Kier alpha value is -2.59. The molecule has 2 aromatic rings. The minimum absolute atomic E-state index is 0.0858. The van der Waals surface area contributed by atoms with Crippen molar-refractivity contribution >= 4 is 11.9 Å². The van der Waals surface area contributed by atoms with Gasteiger partial charge >= 0.3 is 0 Å². The third-order valence-corrected chi connectivity index (χ3v) is 3.50. The van der Waals surface area contributed by atoms with Crippen LogP contribution >= 0.6 is 0 Å². The molecule has 2 aromatic carbocycles. The molecule has 0 aromatic heterocycles. The molecule has 24 heavy (non-hydrogen) atoms.